The van der Waals surface area contributed by atoms with Gasteiger partial charge in [-0.05, 0) is 45.4 Å². The summed E-state index contributed by atoms with van der Waals surface area (Å²) in [6, 6.07) is 9.68. The molecule has 1 unspecified atom stereocenters. The highest BCUT2D eigenvalue weighted by molar-refractivity contribution is 5.94. The first kappa shape index (κ1) is 17.9. The van der Waals surface area contributed by atoms with E-state index in [9.17, 15) is 4.79 Å². The number of carbonyl (C=O) groups excluding carboxylic acids is 1. The van der Waals surface area contributed by atoms with Gasteiger partial charge in [0.05, 0.1) is 23.6 Å². The van der Waals surface area contributed by atoms with Crippen LogP contribution in [0.15, 0.2) is 48.9 Å². The molecule has 3 heterocycles. The van der Waals surface area contributed by atoms with E-state index >= 15 is 0 Å². The monoisotopic (exact) mass is 374 g/mol. The Bertz CT molecular complexity index is 1170. The van der Waals surface area contributed by atoms with Gasteiger partial charge >= 0.3 is 0 Å². The topological polar surface area (TPSA) is 77.1 Å². The first-order valence-electron chi connectivity index (χ1n) is 9.18. The van der Waals surface area contributed by atoms with Crippen LogP contribution in [0.4, 0.5) is 0 Å². The number of imidazole rings is 1. The zero-order chi connectivity index (χ0) is 19.8. The molecule has 0 aliphatic carbocycles. The van der Waals surface area contributed by atoms with Crippen molar-refractivity contribution in [3.8, 4) is 5.69 Å². The van der Waals surface area contributed by atoms with Gasteiger partial charge in [-0.25, -0.2) is 14.6 Å². The largest absolute Gasteiger partial charge is 0.344 e. The molecule has 1 aromatic carbocycles. The Morgan fingerprint density at radius 2 is 1.93 bits per heavy atom. The van der Waals surface area contributed by atoms with Crippen LogP contribution in [0.5, 0.6) is 0 Å². The average Bonchev–Trinajstić information content (AvgIpc) is 3.21. The third-order valence-corrected chi connectivity index (χ3v) is 5.00. The zero-order valence-electron chi connectivity index (χ0n) is 16.3. The van der Waals surface area contributed by atoms with Crippen LogP contribution >= 0.6 is 0 Å². The number of hydrogen-bond donors (Lipinski definition) is 1. The van der Waals surface area contributed by atoms with E-state index in [1.54, 1.807) is 22.9 Å². The number of carbonyl (C=O) groups is 1. The fraction of sp³-hybridized carbons (Fsp3) is 0.238. The van der Waals surface area contributed by atoms with Crippen LogP contribution in [0.25, 0.3) is 11.5 Å². The molecule has 7 nitrogen and oxygen atoms in total. The van der Waals surface area contributed by atoms with Crippen molar-refractivity contribution in [2.24, 2.45) is 0 Å². The molecule has 142 valence electrons. The number of aromatic nitrogens is 5. The first-order chi connectivity index (χ1) is 13.5. The Morgan fingerprint density at radius 3 is 2.71 bits per heavy atom. The lowest BCUT2D eigenvalue weighted by atomic mass is 10.1. The number of nitrogens with zero attached hydrogens (tertiary/aromatic N) is 5. The molecule has 3 aromatic heterocycles. The molecule has 4 aromatic rings. The van der Waals surface area contributed by atoms with Gasteiger partial charge in [-0.3, -0.25) is 9.20 Å². The number of hydrogen-bond acceptors (Lipinski definition) is 4. The molecule has 1 amide bonds. The van der Waals surface area contributed by atoms with E-state index in [-0.39, 0.29) is 11.9 Å². The van der Waals surface area contributed by atoms with Gasteiger partial charge in [-0.15, -0.1) is 0 Å². The summed E-state index contributed by atoms with van der Waals surface area (Å²) in [6.07, 6.45) is 5.27. The van der Waals surface area contributed by atoms with Crippen molar-refractivity contribution in [1.29, 1.82) is 0 Å². The van der Waals surface area contributed by atoms with E-state index < -0.39 is 0 Å². The van der Waals surface area contributed by atoms with Gasteiger partial charge in [-0.2, -0.15) is 5.10 Å². The molecule has 7 heteroatoms. The van der Waals surface area contributed by atoms with Gasteiger partial charge in [0.1, 0.15) is 5.69 Å². The second kappa shape index (κ2) is 6.92. The van der Waals surface area contributed by atoms with Crippen LogP contribution in [-0.2, 0) is 0 Å². The maximum Gasteiger partial charge on any atom is 0.270 e. The molecule has 0 fully saturated rings. The summed E-state index contributed by atoms with van der Waals surface area (Å²) < 4.78 is 3.62. The molecule has 0 aliphatic rings. The smallest absolute Gasteiger partial charge is 0.270 e. The Labute approximate surface area is 163 Å². The molecular weight excluding hydrogens is 352 g/mol. The van der Waals surface area contributed by atoms with E-state index in [0.717, 1.165) is 22.5 Å². The third kappa shape index (κ3) is 2.94. The van der Waals surface area contributed by atoms with Crippen molar-refractivity contribution < 1.29 is 4.79 Å². The minimum absolute atomic E-state index is 0.187. The summed E-state index contributed by atoms with van der Waals surface area (Å²) in [4.78, 5) is 21.5. The number of amides is 1. The molecule has 0 saturated heterocycles. The van der Waals surface area contributed by atoms with Crippen LogP contribution in [0, 0.1) is 20.8 Å². The summed E-state index contributed by atoms with van der Waals surface area (Å²) in [5.41, 5.74) is 5.30. The molecule has 0 radical (unpaired) electrons. The minimum Gasteiger partial charge on any atom is -0.344 e. The number of para-hydroxylation sites is 1. The van der Waals surface area contributed by atoms with E-state index in [2.05, 4.69) is 33.4 Å². The van der Waals surface area contributed by atoms with Gasteiger partial charge in [0.25, 0.3) is 5.91 Å². The summed E-state index contributed by atoms with van der Waals surface area (Å²) in [6.45, 7) is 7.85. The molecule has 1 N–H and O–H groups in total. The Kier molecular flexibility index (Phi) is 4.43. The standard InChI is InChI=1S/C21H22N6O/c1-13-8-5-6-9-18(13)27-16(4)17(12-23-27)14(2)24-20(28)19-15(3)25-21-22-10-7-11-26(19)21/h5-12,14H,1-4H3,(H,24,28). The highest BCUT2D eigenvalue weighted by Crippen LogP contribution is 2.22. The van der Waals surface area contributed by atoms with Crippen LogP contribution in [0.1, 0.15) is 46.0 Å². The lowest BCUT2D eigenvalue weighted by Gasteiger charge is -2.15. The highest BCUT2D eigenvalue weighted by atomic mass is 16.2. The molecule has 4 rings (SSSR count). The van der Waals surface area contributed by atoms with Crippen molar-refractivity contribution >= 4 is 11.7 Å². The number of fused-ring (bicyclic) bond motifs is 1. The van der Waals surface area contributed by atoms with Crippen molar-refractivity contribution in [2.75, 3.05) is 0 Å². The Morgan fingerprint density at radius 1 is 1.14 bits per heavy atom. The molecule has 0 spiro atoms. The molecule has 28 heavy (non-hydrogen) atoms. The average molecular weight is 374 g/mol. The first-order valence-corrected chi connectivity index (χ1v) is 9.18. The normalized spacial score (nSPS) is 12.3. The van der Waals surface area contributed by atoms with Crippen molar-refractivity contribution in [1.82, 2.24) is 29.5 Å². The van der Waals surface area contributed by atoms with E-state index in [1.165, 1.54) is 0 Å². The van der Waals surface area contributed by atoms with Gasteiger partial charge < -0.3 is 5.32 Å². The van der Waals surface area contributed by atoms with Gasteiger partial charge in [0.2, 0.25) is 5.78 Å². The number of benzene rings is 1. The van der Waals surface area contributed by atoms with Gasteiger partial charge in [-0.1, -0.05) is 18.2 Å². The minimum atomic E-state index is -0.202. The predicted octanol–water partition coefficient (Wildman–Crippen LogP) is 3.33. The van der Waals surface area contributed by atoms with Gasteiger partial charge in [0, 0.05) is 23.7 Å². The summed E-state index contributed by atoms with van der Waals surface area (Å²) >= 11 is 0. The Hall–Kier alpha value is -3.48. The van der Waals surface area contributed by atoms with Crippen molar-refractivity contribution in [3.05, 3.63) is 77.1 Å². The molecule has 0 bridgehead atoms. The predicted molar refractivity (Wildman–Crippen MR) is 107 cm³/mol. The Balaban J connectivity index is 1.62. The quantitative estimate of drug-likeness (QED) is 0.594. The highest BCUT2D eigenvalue weighted by Gasteiger charge is 2.21. The lowest BCUT2D eigenvalue weighted by molar-refractivity contribution is 0.0933. The van der Waals surface area contributed by atoms with Crippen LogP contribution in [-0.4, -0.2) is 30.1 Å². The van der Waals surface area contributed by atoms with Crippen molar-refractivity contribution in [3.63, 3.8) is 0 Å². The number of rotatable bonds is 4. The number of aryl methyl sites for hydroxylation is 2. The third-order valence-electron chi connectivity index (χ3n) is 5.00. The van der Waals surface area contributed by atoms with Crippen LogP contribution < -0.4 is 5.32 Å². The maximum absolute atomic E-state index is 12.9. The van der Waals surface area contributed by atoms with Gasteiger partial charge in [0.15, 0.2) is 0 Å². The van der Waals surface area contributed by atoms with Crippen molar-refractivity contribution in [2.45, 2.75) is 33.7 Å². The van der Waals surface area contributed by atoms with Crippen LogP contribution in [0.3, 0.4) is 0 Å². The van der Waals surface area contributed by atoms with E-state index in [1.807, 2.05) is 49.8 Å². The zero-order valence-corrected chi connectivity index (χ0v) is 16.3. The molecule has 0 aliphatic heterocycles. The number of nitrogens with one attached hydrogen (secondary N) is 1. The maximum atomic E-state index is 12.9. The summed E-state index contributed by atoms with van der Waals surface area (Å²) in [7, 11) is 0. The van der Waals surface area contributed by atoms with E-state index in [4.69, 9.17) is 0 Å². The lowest BCUT2D eigenvalue weighted by Crippen LogP contribution is -2.28. The summed E-state index contributed by atoms with van der Waals surface area (Å²) in [5, 5.41) is 7.61. The molecule has 0 saturated carbocycles. The molecular formula is C21H22N6O. The summed E-state index contributed by atoms with van der Waals surface area (Å²) in [5.74, 6) is 0.329. The SMILES string of the molecule is Cc1ccccc1-n1ncc(C(C)NC(=O)c2c(C)nc3ncccn23)c1C. The fourth-order valence-corrected chi connectivity index (χ4v) is 3.51. The van der Waals surface area contributed by atoms with Crippen LogP contribution in [0.2, 0.25) is 0 Å². The molecule has 1 atom stereocenters. The fourth-order valence-electron chi connectivity index (χ4n) is 3.51. The second-order valence-corrected chi connectivity index (χ2v) is 6.91. The second-order valence-electron chi connectivity index (χ2n) is 6.91. The van der Waals surface area contributed by atoms with E-state index in [0.29, 0.717) is 17.2 Å².